The lowest BCUT2D eigenvalue weighted by atomic mass is 10.3. The molecule has 0 aromatic carbocycles. The summed E-state index contributed by atoms with van der Waals surface area (Å²) in [6.45, 7) is 0.577. The number of nitrogens with one attached hydrogen (secondary N) is 1. The lowest BCUT2D eigenvalue weighted by Crippen LogP contribution is -2.01. The Balaban J connectivity index is 1.79. The highest BCUT2D eigenvalue weighted by Gasteiger charge is 2.03. The van der Waals surface area contributed by atoms with E-state index in [1.165, 1.54) is 16.8 Å². The second-order valence-electron chi connectivity index (χ2n) is 3.80. The van der Waals surface area contributed by atoms with Crippen molar-refractivity contribution in [3.05, 3.63) is 54.2 Å². The van der Waals surface area contributed by atoms with Crippen LogP contribution in [0.25, 0.3) is 5.65 Å². The summed E-state index contributed by atoms with van der Waals surface area (Å²) >= 11 is 0. The lowest BCUT2D eigenvalue weighted by molar-refractivity contribution is 0.615. The van der Waals surface area contributed by atoms with Crippen molar-refractivity contribution in [2.75, 3.05) is 5.32 Å². The highest BCUT2D eigenvalue weighted by molar-refractivity contribution is 5.43. The van der Waals surface area contributed by atoms with Gasteiger partial charge in [0.25, 0.3) is 0 Å². The molecule has 5 nitrogen and oxygen atoms in total. The van der Waals surface area contributed by atoms with Gasteiger partial charge in [0.05, 0.1) is 6.20 Å². The molecular weight excluding hydrogens is 233 g/mol. The van der Waals surface area contributed by atoms with Gasteiger partial charge in [0.1, 0.15) is 5.82 Å². The second kappa shape index (κ2) is 4.40. The van der Waals surface area contributed by atoms with Gasteiger partial charge in [0, 0.05) is 18.9 Å². The van der Waals surface area contributed by atoms with Crippen LogP contribution in [0.15, 0.2) is 42.9 Å². The average Bonchev–Trinajstić information content (AvgIpc) is 2.79. The van der Waals surface area contributed by atoms with Crippen LogP contribution in [0.1, 0.15) is 5.56 Å². The minimum absolute atomic E-state index is 0.341. The van der Waals surface area contributed by atoms with Gasteiger partial charge in [-0.25, -0.2) is 8.91 Å². The van der Waals surface area contributed by atoms with Crippen LogP contribution in [-0.2, 0) is 6.54 Å². The van der Waals surface area contributed by atoms with Crippen LogP contribution in [0, 0.1) is 5.82 Å². The fourth-order valence-electron chi connectivity index (χ4n) is 1.62. The Labute approximate surface area is 102 Å². The van der Waals surface area contributed by atoms with E-state index in [1.807, 2.05) is 12.1 Å². The molecule has 0 amide bonds. The zero-order valence-corrected chi connectivity index (χ0v) is 9.42. The molecule has 0 aliphatic heterocycles. The number of hydrogen-bond acceptors (Lipinski definition) is 4. The molecule has 0 aliphatic carbocycles. The minimum atomic E-state index is -0.341. The smallest absolute Gasteiger partial charge is 0.243 e. The molecule has 0 fully saturated rings. The predicted octanol–water partition coefficient (Wildman–Crippen LogP) is 1.88. The first-order chi connectivity index (χ1) is 8.81. The standard InChI is InChI=1S/C12H10FN5/c13-10-3-4-11-16-12(17-18(11)8-10)15-7-9-2-1-5-14-6-9/h1-6,8H,7H2,(H,15,17). The summed E-state index contributed by atoms with van der Waals surface area (Å²) in [5.74, 6) is 0.121. The highest BCUT2D eigenvalue weighted by Crippen LogP contribution is 2.08. The Hall–Kier alpha value is -2.50. The van der Waals surface area contributed by atoms with E-state index in [-0.39, 0.29) is 5.82 Å². The third-order valence-electron chi connectivity index (χ3n) is 2.47. The molecule has 18 heavy (non-hydrogen) atoms. The van der Waals surface area contributed by atoms with E-state index in [1.54, 1.807) is 18.5 Å². The van der Waals surface area contributed by atoms with Gasteiger partial charge >= 0.3 is 0 Å². The number of halogens is 1. The number of nitrogens with zero attached hydrogens (tertiary/aromatic N) is 4. The molecule has 0 saturated carbocycles. The minimum Gasteiger partial charge on any atom is -0.349 e. The Morgan fingerprint density at radius 2 is 2.22 bits per heavy atom. The van der Waals surface area contributed by atoms with Crippen molar-refractivity contribution in [2.45, 2.75) is 6.54 Å². The van der Waals surface area contributed by atoms with Gasteiger partial charge in [-0.3, -0.25) is 4.98 Å². The number of anilines is 1. The van der Waals surface area contributed by atoms with Crippen molar-refractivity contribution in [3.63, 3.8) is 0 Å². The number of pyridine rings is 2. The molecule has 0 aliphatic rings. The quantitative estimate of drug-likeness (QED) is 0.763. The molecular formula is C12H10FN5. The van der Waals surface area contributed by atoms with Crippen molar-refractivity contribution < 1.29 is 4.39 Å². The van der Waals surface area contributed by atoms with E-state index < -0.39 is 0 Å². The van der Waals surface area contributed by atoms with Crippen LogP contribution in [-0.4, -0.2) is 19.6 Å². The maximum Gasteiger partial charge on any atom is 0.243 e. The van der Waals surface area contributed by atoms with Gasteiger partial charge in [-0.2, -0.15) is 4.98 Å². The van der Waals surface area contributed by atoms with Gasteiger partial charge in [0.15, 0.2) is 5.65 Å². The first kappa shape index (κ1) is 10.6. The van der Waals surface area contributed by atoms with E-state index in [0.29, 0.717) is 18.1 Å². The van der Waals surface area contributed by atoms with Gasteiger partial charge in [0.2, 0.25) is 5.95 Å². The van der Waals surface area contributed by atoms with Crippen LogP contribution < -0.4 is 5.32 Å². The van der Waals surface area contributed by atoms with Gasteiger partial charge in [-0.1, -0.05) is 6.07 Å². The molecule has 1 N–H and O–H groups in total. The molecule has 90 valence electrons. The van der Waals surface area contributed by atoms with Crippen LogP contribution in [0.3, 0.4) is 0 Å². The largest absolute Gasteiger partial charge is 0.349 e. The molecule has 0 spiro atoms. The summed E-state index contributed by atoms with van der Waals surface area (Å²) in [6, 6.07) is 6.76. The summed E-state index contributed by atoms with van der Waals surface area (Å²) in [5.41, 5.74) is 1.63. The Morgan fingerprint density at radius 3 is 3.06 bits per heavy atom. The van der Waals surface area contributed by atoms with E-state index in [2.05, 4.69) is 20.4 Å². The average molecular weight is 243 g/mol. The number of rotatable bonds is 3. The number of fused-ring (bicyclic) bond motifs is 1. The number of hydrogen-bond donors (Lipinski definition) is 1. The predicted molar refractivity (Wildman–Crippen MR) is 64.5 cm³/mol. The van der Waals surface area contributed by atoms with Crippen LogP contribution in [0.2, 0.25) is 0 Å². The molecule has 3 rings (SSSR count). The first-order valence-corrected chi connectivity index (χ1v) is 5.46. The Bertz CT molecular complexity index is 665. The van der Waals surface area contributed by atoms with E-state index >= 15 is 0 Å². The molecule has 0 saturated heterocycles. The molecule has 3 aromatic rings. The van der Waals surface area contributed by atoms with Crippen molar-refractivity contribution in [1.82, 2.24) is 19.6 Å². The third kappa shape index (κ3) is 2.13. The molecule has 0 bridgehead atoms. The molecule has 3 heterocycles. The van der Waals surface area contributed by atoms with Crippen molar-refractivity contribution in [1.29, 1.82) is 0 Å². The zero-order chi connectivity index (χ0) is 12.4. The fraction of sp³-hybridized carbons (Fsp3) is 0.0833. The zero-order valence-electron chi connectivity index (χ0n) is 9.42. The van der Waals surface area contributed by atoms with Crippen molar-refractivity contribution in [2.24, 2.45) is 0 Å². The monoisotopic (exact) mass is 243 g/mol. The fourth-order valence-corrected chi connectivity index (χ4v) is 1.62. The molecule has 3 aromatic heterocycles. The first-order valence-electron chi connectivity index (χ1n) is 5.46. The lowest BCUT2D eigenvalue weighted by Gasteiger charge is -2.00. The molecule has 0 unspecified atom stereocenters. The second-order valence-corrected chi connectivity index (χ2v) is 3.80. The van der Waals surface area contributed by atoms with Crippen molar-refractivity contribution in [3.8, 4) is 0 Å². The Kier molecular flexibility index (Phi) is 2.60. The van der Waals surface area contributed by atoms with Crippen LogP contribution in [0.4, 0.5) is 10.3 Å². The van der Waals surface area contributed by atoms with E-state index in [4.69, 9.17) is 0 Å². The molecule has 6 heteroatoms. The molecule has 0 atom stereocenters. The number of aromatic nitrogens is 4. The van der Waals surface area contributed by atoms with E-state index in [0.717, 1.165) is 5.56 Å². The summed E-state index contributed by atoms with van der Waals surface area (Å²) in [5, 5.41) is 7.19. The highest BCUT2D eigenvalue weighted by atomic mass is 19.1. The third-order valence-corrected chi connectivity index (χ3v) is 2.47. The summed E-state index contributed by atoms with van der Waals surface area (Å²) in [4.78, 5) is 8.24. The summed E-state index contributed by atoms with van der Waals surface area (Å²) in [6.07, 6.45) is 4.77. The van der Waals surface area contributed by atoms with E-state index in [9.17, 15) is 4.39 Å². The summed E-state index contributed by atoms with van der Waals surface area (Å²) < 4.78 is 14.4. The van der Waals surface area contributed by atoms with Crippen LogP contribution in [0.5, 0.6) is 0 Å². The van der Waals surface area contributed by atoms with Gasteiger partial charge in [-0.05, 0) is 23.8 Å². The SMILES string of the molecule is Fc1ccc2nc(NCc3cccnc3)nn2c1. The van der Waals surface area contributed by atoms with Gasteiger partial charge < -0.3 is 5.32 Å². The Morgan fingerprint density at radius 1 is 1.28 bits per heavy atom. The van der Waals surface area contributed by atoms with Crippen molar-refractivity contribution >= 4 is 11.6 Å². The normalized spacial score (nSPS) is 10.7. The maximum atomic E-state index is 13.0. The van der Waals surface area contributed by atoms with Crippen LogP contribution >= 0.6 is 0 Å². The summed E-state index contributed by atoms with van der Waals surface area (Å²) in [7, 11) is 0. The topological polar surface area (TPSA) is 55.1 Å². The molecule has 0 radical (unpaired) electrons. The van der Waals surface area contributed by atoms with Gasteiger partial charge in [-0.15, -0.1) is 5.10 Å². The maximum absolute atomic E-state index is 13.0.